The lowest BCUT2D eigenvalue weighted by Gasteiger charge is -2.32. The first-order valence-corrected chi connectivity index (χ1v) is 8.90. The Morgan fingerprint density at radius 1 is 1.12 bits per heavy atom. The van der Waals surface area contributed by atoms with Gasteiger partial charge in [-0.2, -0.15) is 0 Å². The Hall–Kier alpha value is -1.91. The van der Waals surface area contributed by atoms with Crippen LogP contribution in [0.15, 0.2) is 48.5 Å². The number of ether oxygens (including phenoxy) is 1. The minimum Gasteiger partial charge on any atom is -0.497 e. The van der Waals surface area contributed by atoms with Gasteiger partial charge in [0.15, 0.2) is 0 Å². The van der Waals surface area contributed by atoms with Crippen LogP contribution in [0.1, 0.15) is 42.9 Å². The highest BCUT2D eigenvalue weighted by atomic mass is 19.1. The summed E-state index contributed by atoms with van der Waals surface area (Å²) >= 11 is 0. The molecule has 3 nitrogen and oxygen atoms in total. The van der Waals surface area contributed by atoms with Crippen molar-refractivity contribution in [3.05, 3.63) is 65.5 Å². The van der Waals surface area contributed by atoms with Crippen molar-refractivity contribution < 1.29 is 14.2 Å². The quantitative estimate of drug-likeness (QED) is 0.870. The molecule has 2 heterocycles. The number of hydrogen-bond donors (Lipinski definition) is 2. The first-order valence-electron chi connectivity index (χ1n) is 8.90. The molecule has 2 aromatic carbocycles. The number of benzene rings is 2. The molecule has 2 aromatic rings. The van der Waals surface area contributed by atoms with E-state index in [-0.39, 0.29) is 16.9 Å². The third-order valence-electron chi connectivity index (χ3n) is 6.00. The van der Waals surface area contributed by atoms with Crippen LogP contribution in [0.3, 0.4) is 0 Å². The Morgan fingerprint density at radius 3 is 2.48 bits per heavy atom. The second kappa shape index (κ2) is 6.11. The lowest BCUT2D eigenvalue weighted by Crippen LogP contribution is -2.47. The van der Waals surface area contributed by atoms with Crippen molar-refractivity contribution in [2.24, 2.45) is 0 Å². The molecule has 2 saturated heterocycles. The van der Waals surface area contributed by atoms with Crippen molar-refractivity contribution in [2.75, 3.05) is 7.11 Å². The molecule has 2 bridgehead atoms. The number of aliphatic hydroxyl groups excluding tert-OH is 1. The van der Waals surface area contributed by atoms with Crippen LogP contribution in [0, 0.1) is 5.82 Å². The molecule has 2 aliphatic rings. The number of rotatable bonds is 5. The number of methoxy groups -OCH3 is 1. The summed E-state index contributed by atoms with van der Waals surface area (Å²) in [7, 11) is 1.67. The Morgan fingerprint density at radius 2 is 1.84 bits per heavy atom. The van der Waals surface area contributed by atoms with E-state index >= 15 is 0 Å². The molecule has 0 aliphatic carbocycles. The lowest BCUT2D eigenvalue weighted by molar-refractivity contribution is 0.0734. The van der Waals surface area contributed by atoms with E-state index in [1.807, 2.05) is 18.2 Å². The van der Waals surface area contributed by atoms with Gasteiger partial charge in [-0.1, -0.05) is 24.3 Å². The van der Waals surface area contributed by atoms with Gasteiger partial charge in [0.05, 0.1) is 13.2 Å². The van der Waals surface area contributed by atoms with Crippen LogP contribution < -0.4 is 10.1 Å². The molecule has 2 N–H and O–H groups in total. The first-order chi connectivity index (χ1) is 12.0. The molecule has 25 heavy (non-hydrogen) atoms. The third kappa shape index (κ3) is 2.94. The van der Waals surface area contributed by atoms with Crippen LogP contribution >= 0.6 is 0 Å². The standard InChI is InChI=1S/C21H24FNO2/c1-25-18-7-5-15(6-8-18)14-20-9-11-21(23-20,12-10-20)19(24)16-3-2-4-17(22)13-16/h2-8,13,19,23-24H,9-12,14H2,1H3/t19-,20?,21?/m1/s1. The molecule has 4 rings (SSSR count). The maximum atomic E-state index is 13.5. The van der Waals surface area contributed by atoms with E-state index < -0.39 is 6.10 Å². The summed E-state index contributed by atoms with van der Waals surface area (Å²) in [5.41, 5.74) is 1.63. The van der Waals surface area contributed by atoms with Gasteiger partial charge in [0.1, 0.15) is 11.6 Å². The molecular weight excluding hydrogens is 317 g/mol. The van der Waals surface area contributed by atoms with E-state index in [4.69, 9.17) is 4.74 Å². The van der Waals surface area contributed by atoms with Crippen molar-refractivity contribution >= 4 is 0 Å². The molecule has 132 valence electrons. The number of nitrogens with one attached hydrogen (secondary N) is 1. The van der Waals surface area contributed by atoms with E-state index in [0.29, 0.717) is 5.56 Å². The van der Waals surface area contributed by atoms with Crippen LogP contribution in [0.25, 0.3) is 0 Å². The van der Waals surface area contributed by atoms with Crippen LogP contribution in [0.5, 0.6) is 5.75 Å². The summed E-state index contributed by atoms with van der Waals surface area (Å²) in [6, 6.07) is 14.5. The Labute approximate surface area is 147 Å². The summed E-state index contributed by atoms with van der Waals surface area (Å²) in [5, 5.41) is 14.7. The highest BCUT2D eigenvalue weighted by Gasteiger charge is 2.56. The summed E-state index contributed by atoms with van der Waals surface area (Å²) < 4.78 is 18.8. The zero-order valence-corrected chi connectivity index (χ0v) is 14.5. The van der Waals surface area contributed by atoms with Crippen LogP contribution in [0.4, 0.5) is 4.39 Å². The second-order valence-corrected chi connectivity index (χ2v) is 7.54. The zero-order valence-electron chi connectivity index (χ0n) is 14.5. The highest BCUT2D eigenvalue weighted by molar-refractivity contribution is 5.32. The fraction of sp³-hybridized carbons (Fsp3) is 0.429. The molecule has 0 spiro atoms. The third-order valence-corrected chi connectivity index (χ3v) is 6.00. The summed E-state index contributed by atoms with van der Waals surface area (Å²) in [6.45, 7) is 0. The maximum absolute atomic E-state index is 13.5. The minimum absolute atomic E-state index is 0.0306. The maximum Gasteiger partial charge on any atom is 0.123 e. The monoisotopic (exact) mass is 341 g/mol. The van der Waals surface area contributed by atoms with Gasteiger partial charge in [-0.15, -0.1) is 0 Å². The molecule has 0 amide bonds. The van der Waals surface area contributed by atoms with Crippen molar-refractivity contribution in [1.82, 2.24) is 5.32 Å². The van der Waals surface area contributed by atoms with Gasteiger partial charge >= 0.3 is 0 Å². The normalized spacial score (nSPS) is 28.9. The van der Waals surface area contributed by atoms with E-state index in [1.54, 1.807) is 13.2 Å². The van der Waals surface area contributed by atoms with Crippen molar-refractivity contribution in [2.45, 2.75) is 49.3 Å². The predicted octanol–water partition coefficient (Wildman–Crippen LogP) is 3.77. The smallest absolute Gasteiger partial charge is 0.123 e. The molecule has 0 aromatic heterocycles. The fourth-order valence-corrected chi connectivity index (χ4v) is 4.65. The Bertz CT molecular complexity index is 751. The van der Waals surface area contributed by atoms with Gasteiger partial charge in [-0.25, -0.2) is 4.39 Å². The Balaban J connectivity index is 1.52. The molecule has 0 unspecified atom stereocenters. The predicted molar refractivity (Wildman–Crippen MR) is 95.1 cm³/mol. The van der Waals surface area contributed by atoms with Crippen LogP contribution in [-0.4, -0.2) is 23.3 Å². The fourth-order valence-electron chi connectivity index (χ4n) is 4.65. The van der Waals surface area contributed by atoms with Gasteiger partial charge in [0.2, 0.25) is 0 Å². The topological polar surface area (TPSA) is 41.5 Å². The summed E-state index contributed by atoms with van der Waals surface area (Å²) in [6.07, 6.45) is 4.16. The van der Waals surface area contributed by atoms with Gasteiger partial charge in [0.25, 0.3) is 0 Å². The SMILES string of the molecule is COc1ccc(CC23CCC([C@H](O)c4cccc(F)c4)(CC2)N3)cc1. The van der Waals surface area contributed by atoms with Gasteiger partial charge in [-0.3, -0.25) is 0 Å². The number of fused-ring (bicyclic) bond motifs is 2. The number of hydrogen-bond acceptors (Lipinski definition) is 3. The van der Waals surface area contributed by atoms with E-state index in [2.05, 4.69) is 17.4 Å². The zero-order chi connectivity index (χ0) is 17.5. The van der Waals surface area contributed by atoms with Gasteiger partial charge < -0.3 is 15.2 Å². The second-order valence-electron chi connectivity index (χ2n) is 7.54. The highest BCUT2D eigenvalue weighted by Crippen LogP contribution is 2.51. The van der Waals surface area contributed by atoms with Gasteiger partial charge in [-0.05, 0) is 67.5 Å². The average molecular weight is 341 g/mol. The average Bonchev–Trinajstić information content (AvgIpc) is 3.19. The largest absolute Gasteiger partial charge is 0.497 e. The molecule has 0 saturated carbocycles. The van der Waals surface area contributed by atoms with Crippen molar-refractivity contribution in [3.8, 4) is 5.75 Å². The Kier molecular flexibility index (Phi) is 4.05. The van der Waals surface area contributed by atoms with Gasteiger partial charge in [0, 0.05) is 11.1 Å². The first kappa shape index (κ1) is 16.6. The molecule has 4 heteroatoms. The molecule has 1 atom stereocenters. The molecule has 0 radical (unpaired) electrons. The van der Waals surface area contributed by atoms with Crippen molar-refractivity contribution in [3.63, 3.8) is 0 Å². The van der Waals surface area contributed by atoms with E-state index in [9.17, 15) is 9.50 Å². The lowest BCUT2D eigenvalue weighted by atomic mass is 9.76. The number of aliphatic hydroxyl groups is 1. The summed E-state index contributed by atoms with van der Waals surface area (Å²) in [5.74, 6) is 0.566. The van der Waals surface area contributed by atoms with E-state index in [1.165, 1.54) is 17.7 Å². The van der Waals surface area contributed by atoms with Crippen molar-refractivity contribution in [1.29, 1.82) is 0 Å². The molecular formula is C21H24FNO2. The van der Waals surface area contributed by atoms with Crippen LogP contribution in [-0.2, 0) is 6.42 Å². The van der Waals surface area contributed by atoms with E-state index in [0.717, 1.165) is 37.9 Å². The summed E-state index contributed by atoms with van der Waals surface area (Å²) in [4.78, 5) is 0. The number of halogens is 1. The molecule has 2 aliphatic heterocycles. The van der Waals surface area contributed by atoms with Crippen LogP contribution in [0.2, 0.25) is 0 Å². The minimum atomic E-state index is -0.677. The molecule has 2 fully saturated rings.